The molecule has 0 aliphatic carbocycles. The zero-order chi connectivity index (χ0) is 13.3. The molecule has 2 N–H and O–H groups in total. The number of amides is 1. The van der Waals surface area contributed by atoms with Crippen molar-refractivity contribution in [3.63, 3.8) is 0 Å². The van der Waals surface area contributed by atoms with Crippen LogP contribution in [0.15, 0.2) is 30.5 Å². The van der Waals surface area contributed by atoms with Gasteiger partial charge in [0.25, 0.3) is 5.91 Å². The smallest absolute Gasteiger partial charge is 0.253 e. The van der Waals surface area contributed by atoms with E-state index in [1.54, 1.807) is 13.8 Å². The van der Waals surface area contributed by atoms with Gasteiger partial charge >= 0.3 is 0 Å². The lowest BCUT2D eigenvalue weighted by Crippen LogP contribution is -2.46. The van der Waals surface area contributed by atoms with E-state index in [-0.39, 0.29) is 12.5 Å². The molecule has 2 aromatic rings. The van der Waals surface area contributed by atoms with Crippen LogP contribution in [0.3, 0.4) is 0 Å². The maximum atomic E-state index is 12.2. The second-order valence-corrected chi connectivity index (χ2v) is 5.17. The van der Waals surface area contributed by atoms with Crippen molar-refractivity contribution in [1.82, 2.24) is 9.88 Å². The van der Waals surface area contributed by atoms with Gasteiger partial charge in [0.15, 0.2) is 0 Å². The van der Waals surface area contributed by atoms with Gasteiger partial charge in [-0.05, 0) is 19.9 Å². The molecule has 1 heterocycles. The van der Waals surface area contributed by atoms with Crippen LogP contribution in [-0.4, -0.2) is 27.7 Å². The van der Waals surface area contributed by atoms with Gasteiger partial charge in [-0.25, -0.2) is 0 Å². The van der Waals surface area contributed by atoms with Crippen LogP contribution in [0, 0.1) is 0 Å². The molecule has 0 aliphatic rings. The van der Waals surface area contributed by atoms with E-state index >= 15 is 0 Å². The number of carbonyl (C=O) groups excluding carboxylic acids is 1. The van der Waals surface area contributed by atoms with E-state index in [4.69, 9.17) is 0 Å². The third-order valence-electron chi connectivity index (χ3n) is 2.99. The third kappa shape index (κ3) is 2.24. The first-order valence-corrected chi connectivity index (χ1v) is 5.92. The van der Waals surface area contributed by atoms with Gasteiger partial charge in [0.05, 0.1) is 17.7 Å². The summed E-state index contributed by atoms with van der Waals surface area (Å²) in [5, 5.41) is 12.9. The molecule has 0 saturated heterocycles. The van der Waals surface area contributed by atoms with Crippen molar-refractivity contribution in [1.29, 1.82) is 0 Å². The quantitative estimate of drug-likeness (QED) is 0.865. The second kappa shape index (κ2) is 4.46. The molecule has 2 rings (SSSR count). The van der Waals surface area contributed by atoms with Crippen LogP contribution in [0.1, 0.15) is 24.2 Å². The normalized spacial score (nSPS) is 11.8. The summed E-state index contributed by atoms with van der Waals surface area (Å²) in [6, 6.07) is 7.76. The lowest BCUT2D eigenvalue weighted by Gasteiger charge is -2.23. The number of para-hydroxylation sites is 1. The maximum Gasteiger partial charge on any atom is 0.253 e. The number of hydrogen-bond donors (Lipinski definition) is 2. The molecule has 4 heteroatoms. The van der Waals surface area contributed by atoms with Crippen molar-refractivity contribution in [2.45, 2.75) is 19.4 Å². The zero-order valence-corrected chi connectivity index (χ0v) is 10.9. The van der Waals surface area contributed by atoms with Crippen LogP contribution in [0.25, 0.3) is 10.9 Å². The highest BCUT2D eigenvalue weighted by molar-refractivity contribution is 6.07. The Hall–Kier alpha value is -1.81. The Labute approximate surface area is 106 Å². The standard InChI is InChI=1S/C14H18N2O2/c1-14(2,9-17)15-13(18)11-8-16(3)12-7-5-4-6-10(11)12/h4-8,17H,9H2,1-3H3,(H,15,18). The number of rotatable bonds is 3. The Morgan fingerprint density at radius 2 is 2.06 bits per heavy atom. The number of aliphatic hydroxyl groups excluding tert-OH is 1. The van der Waals surface area contributed by atoms with E-state index in [0.29, 0.717) is 5.56 Å². The molecule has 1 aromatic carbocycles. The van der Waals surface area contributed by atoms with Crippen LogP contribution < -0.4 is 5.32 Å². The van der Waals surface area contributed by atoms with Crippen LogP contribution >= 0.6 is 0 Å². The molecule has 18 heavy (non-hydrogen) atoms. The molecule has 4 nitrogen and oxygen atoms in total. The Morgan fingerprint density at radius 3 is 2.72 bits per heavy atom. The number of benzene rings is 1. The van der Waals surface area contributed by atoms with E-state index in [1.165, 1.54) is 0 Å². The largest absolute Gasteiger partial charge is 0.394 e. The predicted molar refractivity (Wildman–Crippen MR) is 71.6 cm³/mol. The van der Waals surface area contributed by atoms with Gasteiger partial charge in [0, 0.05) is 24.1 Å². The number of aromatic nitrogens is 1. The minimum absolute atomic E-state index is 0.0937. The van der Waals surface area contributed by atoms with Gasteiger partial charge in [-0.15, -0.1) is 0 Å². The lowest BCUT2D eigenvalue weighted by atomic mass is 10.1. The fourth-order valence-corrected chi connectivity index (χ4v) is 1.94. The highest BCUT2D eigenvalue weighted by Crippen LogP contribution is 2.20. The highest BCUT2D eigenvalue weighted by atomic mass is 16.3. The van der Waals surface area contributed by atoms with E-state index in [0.717, 1.165) is 10.9 Å². The van der Waals surface area contributed by atoms with Crippen molar-refractivity contribution in [3.05, 3.63) is 36.0 Å². The average Bonchev–Trinajstić information content (AvgIpc) is 2.67. The third-order valence-corrected chi connectivity index (χ3v) is 2.99. The predicted octanol–water partition coefficient (Wildman–Crippen LogP) is 1.68. The highest BCUT2D eigenvalue weighted by Gasteiger charge is 2.22. The first kappa shape index (κ1) is 12.6. The van der Waals surface area contributed by atoms with Crippen molar-refractivity contribution >= 4 is 16.8 Å². The van der Waals surface area contributed by atoms with Crippen molar-refractivity contribution in [2.75, 3.05) is 6.61 Å². The maximum absolute atomic E-state index is 12.2. The number of nitrogens with one attached hydrogen (secondary N) is 1. The Bertz CT molecular complexity index is 584. The van der Waals surface area contributed by atoms with E-state index < -0.39 is 5.54 Å². The van der Waals surface area contributed by atoms with Gasteiger partial charge in [-0.1, -0.05) is 18.2 Å². The summed E-state index contributed by atoms with van der Waals surface area (Å²) in [6.45, 7) is 3.48. The SMILES string of the molecule is Cn1cc(C(=O)NC(C)(C)CO)c2ccccc21. The number of nitrogens with zero attached hydrogens (tertiary/aromatic N) is 1. The molecule has 0 unspecified atom stereocenters. The molecule has 0 aliphatic heterocycles. The van der Waals surface area contributed by atoms with Crippen LogP contribution in [0.4, 0.5) is 0 Å². The average molecular weight is 246 g/mol. The Balaban J connectivity index is 2.40. The summed E-state index contributed by atoms with van der Waals surface area (Å²) in [4.78, 5) is 12.2. The van der Waals surface area contributed by atoms with Crippen molar-refractivity contribution < 1.29 is 9.90 Å². The van der Waals surface area contributed by atoms with Crippen LogP contribution in [0.2, 0.25) is 0 Å². The summed E-state index contributed by atoms with van der Waals surface area (Å²) >= 11 is 0. The van der Waals surface area contributed by atoms with Gasteiger partial charge < -0.3 is 15.0 Å². The molecule has 96 valence electrons. The number of hydrogen-bond acceptors (Lipinski definition) is 2. The zero-order valence-electron chi connectivity index (χ0n) is 10.9. The second-order valence-electron chi connectivity index (χ2n) is 5.17. The Kier molecular flexibility index (Phi) is 3.13. The number of fused-ring (bicyclic) bond motifs is 1. The molecule has 0 fully saturated rings. The minimum atomic E-state index is -0.617. The van der Waals surface area contributed by atoms with Crippen LogP contribution in [-0.2, 0) is 7.05 Å². The number of aliphatic hydroxyl groups is 1. The fraction of sp³-hybridized carbons (Fsp3) is 0.357. The van der Waals surface area contributed by atoms with Crippen molar-refractivity contribution in [2.24, 2.45) is 7.05 Å². The topological polar surface area (TPSA) is 54.3 Å². The summed E-state index contributed by atoms with van der Waals surface area (Å²) < 4.78 is 1.93. The van der Waals surface area contributed by atoms with E-state index in [2.05, 4.69) is 5.32 Å². The van der Waals surface area contributed by atoms with Crippen LogP contribution in [0.5, 0.6) is 0 Å². The van der Waals surface area contributed by atoms with E-state index in [9.17, 15) is 9.90 Å². The molecule has 0 bridgehead atoms. The Morgan fingerprint density at radius 1 is 1.39 bits per heavy atom. The van der Waals surface area contributed by atoms with Crippen molar-refractivity contribution in [3.8, 4) is 0 Å². The fourth-order valence-electron chi connectivity index (χ4n) is 1.94. The van der Waals surface area contributed by atoms with Gasteiger partial charge in [0.1, 0.15) is 0 Å². The van der Waals surface area contributed by atoms with E-state index in [1.807, 2.05) is 42.1 Å². The molecule has 1 amide bonds. The summed E-state index contributed by atoms with van der Waals surface area (Å²) in [5.74, 6) is -0.161. The first-order chi connectivity index (χ1) is 8.44. The molecule has 0 saturated carbocycles. The molecule has 0 atom stereocenters. The molecule has 0 spiro atoms. The number of carbonyl (C=O) groups is 1. The van der Waals surface area contributed by atoms with Gasteiger partial charge in [-0.3, -0.25) is 4.79 Å². The van der Waals surface area contributed by atoms with Gasteiger partial charge in [-0.2, -0.15) is 0 Å². The summed E-state index contributed by atoms with van der Waals surface area (Å²) in [5.41, 5.74) is 1.03. The first-order valence-electron chi connectivity index (χ1n) is 5.92. The summed E-state index contributed by atoms with van der Waals surface area (Å²) in [6.07, 6.45) is 1.81. The van der Waals surface area contributed by atoms with Gasteiger partial charge in [0.2, 0.25) is 0 Å². The molecule has 0 radical (unpaired) electrons. The molecular formula is C14H18N2O2. The molecular weight excluding hydrogens is 228 g/mol. The monoisotopic (exact) mass is 246 g/mol. The lowest BCUT2D eigenvalue weighted by molar-refractivity contribution is 0.0871. The number of aryl methyl sites for hydroxylation is 1. The summed E-state index contributed by atoms with van der Waals surface area (Å²) in [7, 11) is 1.91. The minimum Gasteiger partial charge on any atom is -0.394 e. The molecule has 1 aromatic heterocycles.